The molecule has 0 atom stereocenters. The molecule has 1 amide bonds. The lowest BCUT2D eigenvalue weighted by Crippen LogP contribution is -2.22. The van der Waals surface area contributed by atoms with E-state index in [4.69, 9.17) is 11.2 Å². The van der Waals surface area contributed by atoms with Crippen LogP contribution >= 0.6 is 0 Å². The molecule has 0 aliphatic carbocycles. The number of fused-ring (bicyclic) bond motifs is 1. The summed E-state index contributed by atoms with van der Waals surface area (Å²) in [5.41, 5.74) is 2.88. The molecule has 0 aliphatic rings. The Morgan fingerprint density at radius 1 is 1.33 bits per heavy atom. The van der Waals surface area contributed by atoms with E-state index in [1.807, 2.05) is 24.3 Å². The van der Waals surface area contributed by atoms with E-state index >= 15 is 0 Å². The molecular weight excluding hydrogens is 342 g/mol. The van der Waals surface area contributed by atoms with Crippen molar-refractivity contribution in [3.8, 4) is 18.2 Å². The van der Waals surface area contributed by atoms with Crippen molar-refractivity contribution < 1.29 is 9.53 Å². The Labute approximate surface area is 157 Å². The number of hydrogen-bond acceptors (Lipinski definition) is 6. The number of nitrogens with zero attached hydrogens (tertiary/aromatic N) is 4. The lowest BCUT2D eigenvalue weighted by atomic mass is 10.2. The van der Waals surface area contributed by atoms with Gasteiger partial charge in [-0.15, -0.1) is 6.42 Å². The maximum Gasteiger partial charge on any atom is 0.229 e. The van der Waals surface area contributed by atoms with Crippen molar-refractivity contribution in [1.82, 2.24) is 19.9 Å². The molecule has 136 valence electrons. The third kappa shape index (κ3) is 4.12. The monoisotopic (exact) mass is 361 g/mol. The number of hydrogen-bond donors (Lipinski definition) is 1. The van der Waals surface area contributed by atoms with Crippen LogP contribution in [0, 0.1) is 12.3 Å². The Balaban J connectivity index is 1.89. The molecule has 0 bridgehead atoms. The topological polar surface area (TPSA) is 80.2 Å². The van der Waals surface area contributed by atoms with Crippen LogP contribution in [0.3, 0.4) is 0 Å². The minimum absolute atomic E-state index is 0.00978. The number of nitrogens with one attached hydrogen (secondary N) is 1. The number of carbonyl (C=O) groups is 1. The van der Waals surface area contributed by atoms with Crippen LogP contribution in [0.5, 0.6) is 5.88 Å². The summed E-state index contributed by atoms with van der Waals surface area (Å²) in [7, 11) is 3.29. The second kappa shape index (κ2) is 7.70. The molecule has 7 nitrogen and oxygen atoms in total. The number of benzene rings is 1. The fraction of sp³-hybridized carbons (Fsp3) is 0.200. The van der Waals surface area contributed by atoms with Crippen LogP contribution in [0.4, 0.5) is 11.6 Å². The Morgan fingerprint density at radius 2 is 2.15 bits per heavy atom. The molecule has 0 saturated heterocycles. The van der Waals surface area contributed by atoms with E-state index in [1.54, 1.807) is 24.2 Å². The highest BCUT2D eigenvalue weighted by atomic mass is 16.5. The minimum atomic E-state index is 0.00978. The predicted molar refractivity (Wildman–Crippen MR) is 104 cm³/mol. The highest BCUT2D eigenvalue weighted by molar-refractivity contribution is 5.83. The fourth-order valence-electron chi connectivity index (χ4n) is 2.53. The van der Waals surface area contributed by atoms with Gasteiger partial charge in [0.2, 0.25) is 17.7 Å². The van der Waals surface area contributed by atoms with E-state index < -0.39 is 0 Å². The van der Waals surface area contributed by atoms with Gasteiger partial charge in [0.1, 0.15) is 0 Å². The fourth-order valence-corrected chi connectivity index (χ4v) is 2.53. The summed E-state index contributed by atoms with van der Waals surface area (Å²) in [4.78, 5) is 26.1. The van der Waals surface area contributed by atoms with Crippen molar-refractivity contribution in [2.45, 2.75) is 13.5 Å². The van der Waals surface area contributed by atoms with Crippen LogP contribution in [0.15, 0.2) is 36.5 Å². The molecule has 1 aromatic carbocycles. The Kier molecular flexibility index (Phi) is 5.18. The first-order chi connectivity index (χ1) is 13.0. The molecule has 0 fully saturated rings. The van der Waals surface area contributed by atoms with Crippen LogP contribution < -0.4 is 10.1 Å². The first-order valence-corrected chi connectivity index (χ1v) is 8.26. The van der Waals surface area contributed by atoms with Gasteiger partial charge in [-0.25, -0.2) is 4.98 Å². The lowest BCUT2D eigenvalue weighted by molar-refractivity contribution is -0.128. The van der Waals surface area contributed by atoms with Crippen LogP contribution in [0.25, 0.3) is 11.0 Å². The van der Waals surface area contributed by atoms with E-state index in [0.29, 0.717) is 35.0 Å². The summed E-state index contributed by atoms with van der Waals surface area (Å²) >= 11 is 0. The van der Waals surface area contributed by atoms with E-state index in [-0.39, 0.29) is 5.91 Å². The number of pyridine rings is 1. The van der Waals surface area contributed by atoms with Crippen molar-refractivity contribution in [2.24, 2.45) is 0 Å². The standard InChI is InChI=1S/C20H19N5O2/c1-5-15-10-18(27-4)23-19-17(15)11-21-20(24-19)22-16-8-6-7-14(9-16)12-25(3)13(2)26/h1,6-11H,12H2,2-4H3,(H,21,22,23,24). The molecule has 2 heterocycles. The van der Waals surface area contributed by atoms with Gasteiger partial charge in [-0.3, -0.25) is 4.79 Å². The average molecular weight is 361 g/mol. The largest absolute Gasteiger partial charge is 0.481 e. The van der Waals surface area contributed by atoms with Gasteiger partial charge in [-0.05, 0) is 17.7 Å². The van der Waals surface area contributed by atoms with Crippen molar-refractivity contribution in [2.75, 3.05) is 19.5 Å². The van der Waals surface area contributed by atoms with Gasteiger partial charge in [-0.2, -0.15) is 9.97 Å². The minimum Gasteiger partial charge on any atom is -0.481 e. The Bertz CT molecular complexity index is 1040. The zero-order valence-electron chi connectivity index (χ0n) is 15.4. The van der Waals surface area contributed by atoms with Gasteiger partial charge in [0.05, 0.1) is 12.5 Å². The highest BCUT2D eigenvalue weighted by Crippen LogP contribution is 2.22. The first kappa shape index (κ1) is 18.1. The van der Waals surface area contributed by atoms with Gasteiger partial charge in [0.25, 0.3) is 0 Å². The summed E-state index contributed by atoms with van der Waals surface area (Å²) < 4.78 is 5.18. The number of rotatable bonds is 5. The molecule has 0 unspecified atom stereocenters. The number of methoxy groups -OCH3 is 1. The Morgan fingerprint density at radius 3 is 2.85 bits per heavy atom. The molecule has 7 heteroatoms. The smallest absolute Gasteiger partial charge is 0.229 e. The zero-order chi connectivity index (χ0) is 19.4. The van der Waals surface area contributed by atoms with Gasteiger partial charge >= 0.3 is 0 Å². The van der Waals surface area contributed by atoms with Gasteiger partial charge in [-0.1, -0.05) is 18.1 Å². The zero-order valence-corrected chi connectivity index (χ0v) is 15.4. The van der Waals surface area contributed by atoms with Crippen molar-refractivity contribution in [3.63, 3.8) is 0 Å². The molecule has 27 heavy (non-hydrogen) atoms. The van der Waals surface area contributed by atoms with E-state index in [0.717, 1.165) is 11.3 Å². The maximum atomic E-state index is 11.4. The molecule has 0 spiro atoms. The molecule has 2 aromatic heterocycles. The van der Waals surface area contributed by atoms with Crippen molar-refractivity contribution in [3.05, 3.63) is 47.7 Å². The summed E-state index contributed by atoms with van der Waals surface area (Å²) in [6, 6.07) is 9.38. The first-order valence-electron chi connectivity index (χ1n) is 8.26. The number of aromatic nitrogens is 3. The van der Waals surface area contributed by atoms with Crippen LogP contribution in [0.1, 0.15) is 18.1 Å². The lowest BCUT2D eigenvalue weighted by Gasteiger charge is -2.15. The third-order valence-electron chi connectivity index (χ3n) is 4.05. The van der Waals surface area contributed by atoms with Crippen LogP contribution in [0.2, 0.25) is 0 Å². The molecule has 3 rings (SSSR count). The van der Waals surface area contributed by atoms with Gasteiger partial charge < -0.3 is 15.0 Å². The number of ether oxygens (including phenoxy) is 1. The van der Waals surface area contributed by atoms with Crippen molar-refractivity contribution >= 4 is 28.6 Å². The molecule has 0 saturated carbocycles. The number of amides is 1. The van der Waals surface area contributed by atoms with Crippen molar-refractivity contribution in [1.29, 1.82) is 0 Å². The molecule has 3 aromatic rings. The van der Waals surface area contributed by atoms with E-state index in [2.05, 4.69) is 26.2 Å². The quantitative estimate of drug-likeness (QED) is 0.704. The average Bonchev–Trinajstić information content (AvgIpc) is 2.67. The molecular formula is C20H19N5O2. The maximum absolute atomic E-state index is 11.4. The van der Waals surface area contributed by atoms with Gasteiger partial charge in [0, 0.05) is 44.0 Å². The van der Waals surface area contributed by atoms with Crippen LogP contribution in [-0.2, 0) is 11.3 Å². The summed E-state index contributed by atoms with van der Waals surface area (Å²) in [5.74, 6) is 3.40. The third-order valence-corrected chi connectivity index (χ3v) is 4.05. The molecule has 0 radical (unpaired) electrons. The summed E-state index contributed by atoms with van der Waals surface area (Å²) in [5, 5.41) is 3.84. The summed E-state index contributed by atoms with van der Waals surface area (Å²) in [6.07, 6.45) is 7.18. The second-order valence-electron chi connectivity index (χ2n) is 5.99. The molecule has 0 aliphatic heterocycles. The number of anilines is 2. The van der Waals surface area contributed by atoms with E-state index in [9.17, 15) is 4.79 Å². The number of terminal acetylenes is 1. The number of carbonyl (C=O) groups excluding carboxylic acids is 1. The Hall–Kier alpha value is -3.66. The summed E-state index contributed by atoms with van der Waals surface area (Å²) in [6.45, 7) is 2.06. The molecule has 1 N–H and O–H groups in total. The van der Waals surface area contributed by atoms with Crippen LogP contribution in [-0.4, -0.2) is 39.9 Å². The predicted octanol–water partition coefficient (Wildman–Crippen LogP) is 2.74. The van der Waals surface area contributed by atoms with Gasteiger partial charge in [0.15, 0.2) is 5.65 Å². The SMILES string of the molecule is C#Cc1cc(OC)nc2nc(Nc3cccc(CN(C)C(C)=O)c3)ncc12. The normalized spacial score (nSPS) is 10.3. The second-order valence-corrected chi connectivity index (χ2v) is 5.99. The highest BCUT2D eigenvalue weighted by Gasteiger charge is 2.09. The van der Waals surface area contributed by atoms with E-state index in [1.165, 1.54) is 14.0 Å².